The van der Waals surface area contributed by atoms with Gasteiger partial charge in [-0.15, -0.1) is 4.40 Å². The number of nitrogens with one attached hydrogen (secondary N) is 2. The van der Waals surface area contributed by atoms with Crippen molar-refractivity contribution in [3.63, 3.8) is 0 Å². The van der Waals surface area contributed by atoms with Gasteiger partial charge >= 0.3 is 10.2 Å². The Bertz CT molecular complexity index is 733. The number of aromatic nitrogens is 2. The molecule has 92 valence electrons. The number of nitrogens with two attached hydrogens (primary N) is 1. The van der Waals surface area contributed by atoms with E-state index >= 15 is 0 Å². The van der Waals surface area contributed by atoms with E-state index in [0.29, 0.717) is 11.5 Å². The van der Waals surface area contributed by atoms with Gasteiger partial charge in [0, 0.05) is 5.56 Å². The number of aromatic amines is 1. The van der Waals surface area contributed by atoms with E-state index in [9.17, 15) is 8.42 Å². The Kier molecular flexibility index (Phi) is 2.14. The highest BCUT2D eigenvalue weighted by atomic mass is 32.2. The standard InChI is InChI=1S/C10H9N5O2S/c11-8-7-10(15-18(16,17)14-8)13-9(12-7)6-4-2-1-3-5-6/h1-5,15H,(H2,11,14)(H,12,13). The van der Waals surface area contributed by atoms with Crippen molar-refractivity contribution in [3.05, 3.63) is 36.0 Å². The third kappa shape index (κ3) is 1.72. The van der Waals surface area contributed by atoms with Crippen LogP contribution in [-0.4, -0.2) is 24.2 Å². The van der Waals surface area contributed by atoms with Crippen molar-refractivity contribution in [1.29, 1.82) is 0 Å². The number of hydrogen-bond donors (Lipinski definition) is 3. The van der Waals surface area contributed by atoms with E-state index in [1.54, 1.807) is 0 Å². The number of anilines is 1. The topological polar surface area (TPSA) is 113 Å². The van der Waals surface area contributed by atoms with Crippen LogP contribution in [0.25, 0.3) is 11.4 Å². The van der Waals surface area contributed by atoms with E-state index in [4.69, 9.17) is 5.73 Å². The predicted octanol–water partition coefficient (Wildman–Crippen LogP) is 0.452. The molecule has 7 nitrogen and oxygen atoms in total. The van der Waals surface area contributed by atoms with Gasteiger partial charge in [-0.2, -0.15) is 8.42 Å². The second-order valence-corrected chi connectivity index (χ2v) is 5.07. The number of amidine groups is 1. The molecule has 3 rings (SSSR count). The van der Waals surface area contributed by atoms with Gasteiger partial charge in [-0.3, -0.25) is 0 Å². The molecule has 2 heterocycles. The van der Waals surface area contributed by atoms with Crippen LogP contribution in [0.5, 0.6) is 0 Å². The quantitative estimate of drug-likeness (QED) is 0.693. The van der Waals surface area contributed by atoms with Crippen molar-refractivity contribution < 1.29 is 8.42 Å². The molecule has 0 bridgehead atoms. The molecule has 1 aliphatic rings. The Hall–Kier alpha value is -2.35. The van der Waals surface area contributed by atoms with Crippen LogP contribution >= 0.6 is 0 Å². The Morgan fingerprint density at radius 3 is 2.61 bits per heavy atom. The largest absolute Gasteiger partial charge is 0.381 e. The summed E-state index contributed by atoms with van der Waals surface area (Å²) in [5, 5.41) is 0. The third-order valence-corrected chi connectivity index (χ3v) is 3.34. The Morgan fingerprint density at radius 2 is 1.89 bits per heavy atom. The molecule has 18 heavy (non-hydrogen) atoms. The normalized spacial score (nSPS) is 16.6. The number of nitrogens with zero attached hydrogens (tertiary/aromatic N) is 2. The molecule has 0 atom stereocenters. The molecule has 4 N–H and O–H groups in total. The lowest BCUT2D eigenvalue weighted by Crippen LogP contribution is -2.26. The Morgan fingerprint density at radius 1 is 1.17 bits per heavy atom. The molecule has 8 heteroatoms. The first-order valence-corrected chi connectivity index (χ1v) is 6.53. The van der Waals surface area contributed by atoms with E-state index < -0.39 is 10.2 Å². The maximum absolute atomic E-state index is 11.3. The minimum absolute atomic E-state index is 0.0987. The summed E-state index contributed by atoms with van der Waals surface area (Å²) in [7, 11) is -3.78. The second-order valence-electron chi connectivity index (χ2n) is 3.73. The van der Waals surface area contributed by atoms with Crippen molar-refractivity contribution in [1.82, 2.24) is 9.97 Å². The van der Waals surface area contributed by atoms with Crippen molar-refractivity contribution in [3.8, 4) is 11.4 Å². The van der Waals surface area contributed by atoms with Crippen LogP contribution in [0, 0.1) is 0 Å². The van der Waals surface area contributed by atoms with Gasteiger partial charge in [-0.1, -0.05) is 30.3 Å². The summed E-state index contributed by atoms with van der Waals surface area (Å²) in [4.78, 5) is 7.10. The van der Waals surface area contributed by atoms with Crippen LogP contribution in [0.2, 0.25) is 0 Å². The fourth-order valence-corrected chi connectivity index (χ4v) is 2.47. The SMILES string of the molecule is NC1=NS(=O)(=O)Nc2nc(-c3ccccc3)[nH]c21. The van der Waals surface area contributed by atoms with Crippen molar-refractivity contribution in [2.24, 2.45) is 10.1 Å². The molecule has 0 radical (unpaired) electrons. The van der Waals surface area contributed by atoms with Crippen molar-refractivity contribution in [2.75, 3.05) is 4.72 Å². The van der Waals surface area contributed by atoms with Gasteiger partial charge in [0.1, 0.15) is 11.5 Å². The van der Waals surface area contributed by atoms with E-state index in [-0.39, 0.29) is 11.7 Å². The molecule has 2 aromatic rings. The van der Waals surface area contributed by atoms with Gasteiger partial charge in [-0.05, 0) is 0 Å². The lowest BCUT2D eigenvalue weighted by molar-refractivity contribution is 0.602. The minimum Gasteiger partial charge on any atom is -0.381 e. The van der Waals surface area contributed by atoms with Gasteiger partial charge in [0.2, 0.25) is 0 Å². The van der Waals surface area contributed by atoms with Crippen LogP contribution in [0.4, 0.5) is 5.82 Å². The lowest BCUT2D eigenvalue weighted by Gasteiger charge is -2.08. The van der Waals surface area contributed by atoms with Gasteiger partial charge in [-0.25, -0.2) is 9.71 Å². The molecule has 1 aromatic carbocycles. The molecule has 1 aromatic heterocycles. The minimum atomic E-state index is -3.78. The second kappa shape index (κ2) is 3.57. The maximum atomic E-state index is 11.3. The van der Waals surface area contributed by atoms with Gasteiger partial charge in [0.15, 0.2) is 11.7 Å². The summed E-state index contributed by atoms with van der Waals surface area (Å²) in [6.45, 7) is 0. The van der Waals surface area contributed by atoms with E-state index in [0.717, 1.165) is 5.56 Å². The highest BCUT2D eigenvalue weighted by Gasteiger charge is 2.25. The summed E-state index contributed by atoms with van der Waals surface area (Å²) in [5.74, 6) is 0.600. The van der Waals surface area contributed by atoms with Crippen LogP contribution in [0.3, 0.4) is 0 Å². The molecule has 0 saturated carbocycles. The van der Waals surface area contributed by atoms with Gasteiger partial charge in [0.25, 0.3) is 0 Å². The first-order valence-electron chi connectivity index (χ1n) is 5.09. The Labute approximate surface area is 103 Å². The van der Waals surface area contributed by atoms with E-state index in [1.165, 1.54) is 0 Å². The van der Waals surface area contributed by atoms with Crippen molar-refractivity contribution >= 4 is 21.9 Å². The molecular weight excluding hydrogens is 254 g/mol. The Balaban J connectivity index is 2.13. The number of benzene rings is 1. The van der Waals surface area contributed by atoms with Crippen LogP contribution in [0.1, 0.15) is 5.69 Å². The number of fused-ring (bicyclic) bond motifs is 1. The smallest absolute Gasteiger partial charge is 0.345 e. The van der Waals surface area contributed by atoms with Crippen molar-refractivity contribution in [2.45, 2.75) is 0 Å². The first-order chi connectivity index (χ1) is 8.55. The molecular formula is C10H9N5O2S. The highest BCUT2D eigenvalue weighted by Crippen LogP contribution is 2.24. The number of hydrogen-bond acceptors (Lipinski definition) is 4. The molecule has 0 saturated heterocycles. The fourth-order valence-electron chi connectivity index (χ4n) is 1.69. The maximum Gasteiger partial charge on any atom is 0.345 e. The summed E-state index contributed by atoms with van der Waals surface area (Å²) in [6.07, 6.45) is 0. The monoisotopic (exact) mass is 263 g/mol. The summed E-state index contributed by atoms with van der Waals surface area (Å²) in [5.41, 5.74) is 6.78. The molecule has 0 unspecified atom stereocenters. The van der Waals surface area contributed by atoms with E-state index in [1.807, 2.05) is 30.3 Å². The highest BCUT2D eigenvalue weighted by molar-refractivity contribution is 7.91. The number of imidazole rings is 1. The number of H-pyrrole nitrogens is 1. The predicted molar refractivity (Wildman–Crippen MR) is 67.3 cm³/mol. The lowest BCUT2D eigenvalue weighted by atomic mass is 10.2. The molecule has 0 fully saturated rings. The molecule has 0 amide bonds. The fraction of sp³-hybridized carbons (Fsp3) is 0. The van der Waals surface area contributed by atoms with Crippen LogP contribution in [-0.2, 0) is 10.2 Å². The van der Waals surface area contributed by atoms with Gasteiger partial charge in [0.05, 0.1) is 0 Å². The average molecular weight is 263 g/mol. The molecule has 0 aliphatic carbocycles. The van der Waals surface area contributed by atoms with Crippen LogP contribution in [0.15, 0.2) is 34.7 Å². The molecule has 0 spiro atoms. The average Bonchev–Trinajstić information content (AvgIpc) is 2.72. The van der Waals surface area contributed by atoms with E-state index in [2.05, 4.69) is 19.1 Å². The summed E-state index contributed by atoms with van der Waals surface area (Å²) >= 11 is 0. The zero-order valence-corrected chi connectivity index (χ0v) is 9.90. The van der Waals surface area contributed by atoms with Crippen LogP contribution < -0.4 is 10.5 Å². The van der Waals surface area contributed by atoms with Gasteiger partial charge < -0.3 is 10.7 Å². The summed E-state index contributed by atoms with van der Waals surface area (Å²) in [6, 6.07) is 9.31. The first kappa shape index (κ1) is 10.8. The zero-order chi connectivity index (χ0) is 12.8. The summed E-state index contributed by atoms with van der Waals surface area (Å²) < 4.78 is 28.2. The number of rotatable bonds is 1. The third-order valence-electron chi connectivity index (χ3n) is 2.45. The molecule has 1 aliphatic heterocycles. The zero-order valence-electron chi connectivity index (χ0n) is 9.08.